The summed E-state index contributed by atoms with van der Waals surface area (Å²) in [6.45, 7) is 7.34. The number of nitro benzene ring substituents is 1. The van der Waals surface area contributed by atoms with Crippen molar-refractivity contribution in [3.8, 4) is 5.75 Å². The van der Waals surface area contributed by atoms with E-state index in [4.69, 9.17) is 4.74 Å². The van der Waals surface area contributed by atoms with Crippen LogP contribution in [0.15, 0.2) is 36.4 Å². The van der Waals surface area contributed by atoms with Crippen LogP contribution in [-0.4, -0.2) is 44.7 Å². The van der Waals surface area contributed by atoms with Crippen molar-refractivity contribution in [3.05, 3.63) is 63.2 Å². The van der Waals surface area contributed by atoms with Gasteiger partial charge in [0.1, 0.15) is 18.4 Å². The first-order chi connectivity index (χ1) is 14.4. The standard InChI is InChI=1S/C21H27N3O6S/c1-14-10-15(2)12-19(11-14)30-9-8-22-21(25)17(4)23(31(5,28)29)20-13-18(24(26)27)7-6-16(20)3/h6-7,10-13,17H,8-9H2,1-5H3,(H,22,25). The number of ether oxygens (including phenoxy) is 1. The molecule has 0 aromatic heterocycles. The van der Waals surface area contributed by atoms with E-state index in [9.17, 15) is 23.3 Å². The number of aryl methyl sites for hydroxylation is 3. The summed E-state index contributed by atoms with van der Waals surface area (Å²) in [4.78, 5) is 23.2. The van der Waals surface area contributed by atoms with E-state index in [0.29, 0.717) is 11.3 Å². The van der Waals surface area contributed by atoms with Crippen molar-refractivity contribution in [1.82, 2.24) is 5.32 Å². The molecule has 0 spiro atoms. The lowest BCUT2D eigenvalue weighted by molar-refractivity contribution is -0.384. The molecule has 1 amide bonds. The fourth-order valence-electron chi connectivity index (χ4n) is 3.24. The normalized spacial score (nSPS) is 12.2. The molecule has 2 aromatic rings. The number of non-ortho nitro benzene ring substituents is 1. The Morgan fingerprint density at radius 3 is 2.32 bits per heavy atom. The minimum Gasteiger partial charge on any atom is -0.492 e. The number of benzene rings is 2. The Kier molecular flexibility index (Phi) is 7.61. The minimum atomic E-state index is -3.89. The summed E-state index contributed by atoms with van der Waals surface area (Å²) in [7, 11) is -3.89. The zero-order valence-corrected chi connectivity index (χ0v) is 19.0. The molecule has 168 valence electrons. The van der Waals surface area contributed by atoms with Gasteiger partial charge in [0.2, 0.25) is 15.9 Å². The lowest BCUT2D eigenvalue weighted by Gasteiger charge is -2.29. The van der Waals surface area contributed by atoms with E-state index in [2.05, 4.69) is 5.32 Å². The maximum Gasteiger partial charge on any atom is 0.271 e. The molecule has 0 saturated carbocycles. The highest BCUT2D eigenvalue weighted by Gasteiger charge is 2.31. The van der Waals surface area contributed by atoms with Crippen LogP contribution in [0.4, 0.5) is 11.4 Å². The monoisotopic (exact) mass is 449 g/mol. The van der Waals surface area contributed by atoms with Gasteiger partial charge in [-0.3, -0.25) is 19.2 Å². The van der Waals surface area contributed by atoms with Gasteiger partial charge in [0.05, 0.1) is 23.4 Å². The van der Waals surface area contributed by atoms with E-state index >= 15 is 0 Å². The van der Waals surface area contributed by atoms with Crippen molar-refractivity contribution in [3.63, 3.8) is 0 Å². The fraction of sp³-hybridized carbons (Fsp3) is 0.381. The highest BCUT2D eigenvalue weighted by Crippen LogP contribution is 2.29. The largest absolute Gasteiger partial charge is 0.492 e. The first-order valence-electron chi connectivity index (χ1n) is 9.63. The van der Waals surface area contributed by atoms with Gasteiger partial charge in [-0.15, -0.1) is 0 Å². The number of nitrogens with one attached hydrogen (secondary N) is 1. The number of carbonyl (C=O) groups excluding carboxylic acids is 1. The Morgan fingerprint density at radius 2 is 1.77 bits per heavy atom. The number of rotatable bonds is 9. The molecular formula is C21H27N3O6S. The van der Waals surface area contributed by atoms with Crippen molar-refractivity contribution in [2.24, 2.45) is 0 Å². The van der Waals surface area contributed by atoms with E-state index in [1.54, 1.807) is 6.92 Å². The molecule has 0 radical (unpaired) electrons. The number of carbonyl (C=O) groups is 1. The molecule has 0 heterocycles. The molecule has 2 rings (SSSR count). The molecule has 0 aliphatic carbocycles. The number of hydrogen-bond donors (Lipinski definition) is 1. The topological polar surface area (TPSA) is 119 Å². The lowest BCUT2D eigenvalue weighted by Crippen LogP contribution is -2.48. The van der Waals surface area contributed by atoms with E-state index in [1.165, 1.54) is 19.1 Å². The predicted molar refractivity (Wildman–Crippen MR) is 119 cm³/mol. The van der Waals surface area contributed by atoms with Crippen LogP contribution in [0.1, 0.15) is 23.6 Å². The van der Waals surface area contributed by atoms with Crippen molar-refractivity contribution in [1.29, 1.82) is 0 Å². The SMILES string of the molecule is Cc1cc(C)cc(OCCNC(=O)C(C)N(c2cc([N+](=O)[O-])ccc2C)S(C)(=O)=O)c1. The molecule has 1 atom stereocenters. The zero-order chi connectivity index (χ0) is 23.3. The molecule has 9 nitrogen and oxygen atoms in total. The second kappa shape index (κ2) is 9.78. The Balaban J connectivity index is 2.11. The molecule has 10 heteroatoms. The van der Waals surface area contributed by atoms with Crippen molar-refractivity contribution < 1.29 is 22.9 Å². The Bertz CT molecular complexity index is 1060. The van der Waals surface area contributed by atoms with Gasteiger partial charge in [-0.1, -0.05) is 12.1 Å². The lowest BCUT2D eigenvalue weighted by atomic mass is 10.1. The van der Waals surface area contributed by atoms with Gasteiger partial charge in [0.25, 0.3) is 5.69 Å². The minimum absolute atomic E-state index is 0.0887. The maximum absolute atomic E-state index is 12.6. The predicted octanol–water partition coefficient (Wildman–Crippen LogP) is 2.87. The van der Waals surface area contributed by atoms with Gasteiger partial charge in [-0.25, -0.2) is 8.42 Å². The van der Waals surface area contributed by atoms with Crippen LogP contribution in [0, 0.1) is 30.9 Å². The molecule has 0 aliphatic rings. The van der Waals surface area contributed by atoms with Gasteiger partial charge < -0.3 is 10.1 Å². The Hall–Kier alpha value is -3.14. The second-order valence-corrected chi connectivity index (χ2v) is 9.29. The maximum atomic E-state index is 12.6. The number of sulfonamides is 1. The summed E-state index contributed by atoms with van der Waals surface area (Å²) in [6.07, 6.45) is 0.957. The van der Waals surface area contributed by atoms with E-state index in [0.717, 1.165) is 27.8 Å². The van der Waals surface area contributed by atoms with Crippen molar-refractivity contribution in [2.75, 3.05) is 23.7 Å². The summed E-state index contributed by atoms with van der Waals surface area (Å²) in [5.41, 5.74) is 2.44. The highest BCUT2D eigenvalue weighted by molar-refractivity contribution is 7.92. The molecule has 1 unspecified atom stereocenters. The van der Waals surface area contributed by atoms with Crippen LogP contribution in [0.5, 0.6) is 5.75 Å². The van der Waals surface area contributed by atoms with Crippen LogP contribution < -0.4 is 14.4 Å². The highest BCUT2D eigenvalue weighted by atomic mass is 32.2. The third-order valence-electron chi connectivity index (χ3n) is 4.59. The van der Waals surface area contributed by atoms with Crippen LogP contribution >= 0.6 is 0 Å². The summed E-state index contributed by atoms with van der Waals surface area (Å²) in [5, 5.41) is 13.8. The molecule has 0 saturated heterocycles. The summed E-state index contributed by atoms with van der Waals surface area (Å²) in [6, 6.07) is 8.57. The van der Waals surface area contributed by atoms with Gasteiger partial charge >= 0.3 is 0 Å². The summed E-state index contributed by atoms with van der Waals surface area (Å²) in [5.74, 6) is 0.144. The van der Waals surface area contributed by atoms with Gasteiger partial charge in [-0.2, -0.15) is 0 Å². The Labute approximate surface area is 182 Å². The van der Waals surface area contributed by atoms with Gasteiger partial charge in [0, 0.05) is 12.1 Å². The third-order valence-corrected chi connectivity index (χ3v) is 5.82. The van der Waals surface area contributed by atoms with E-state index in [1.807, 2.05) is 32.0 Å². The van der Waals surface area contributed by atoms with E-state index in [-0.39, 0.29) is 24.5 Å². The quantitative estimate of drug-likeness (QED) is 0.357. The van der Waals surface area contributed by atoms with Gasteiger partial charge in [0.15, 0.2) is 0 Å². The number of nitro groups is 1. The first-order valence-corrected chi connectivity index (χ1v) is 11.5. The molecule has 2 aromatic carbocycles. The van der Waals surface area contributed by atoms with Crippen molar-refractivity contribution >= 4 is 27.3 Å². The number of amides is 1. The second-order valence-electron chi connectivity index (χ2n) is 7.43. The van der Waals surface area contributed by atoms with Crippen LogP contribution in [0.3, 0.4) is 0 Å². The third kappa shape index (κ3) is 6.42. The average Bonchev–Trinajstić information content (AvgIpc) is 2.64. The number of nitrogens with zero attached hydrogens (tertiary/aromatic N) is 2. The molecule has 1 N–H and O–H groups in total. The number of anilines is 1. The van der Waals surface area contributed by atoms with Gasteiger partial charge in [-0.05, 0) is 56.5 Å². The molecule has 31 heavy (non-hydrogen) atoms. The van der Waals surface area contributed by atoms with E-state index < -0.39 is 26.9 Å². The molecule has 0 aliphatic heterocycles. The van der Waals surface area contributed by atoms with Crippen molar-refractivity contribution in [2.45, 2.75) is 33.7 Å². The smallest absolute Gasteiger partial charge is 0.271 e. The van der Waals surface area contributed by atoms with Crippen LogP contribution in [0.25, 0.3) is 0 Å². The summed E-state index contributed by atoms with van der Waals surface area (Å²) < 4.78 is 31.4. The summed E-state index contributed by atoms with van der Waals surface area (Å²) >= 11 is 0. The Morgan fingerprint density at radius 1 is 1.16 bits per heavy atom. The van der Waals surface area contributed by atoms with Crippen LogP contribution in [-0.2, 0) is 14.8 Å². The first kappa shape index (κ1) is 24.1. The molecular weight excluding hydrogens is 422 g/mol. The number of hydrogen-bond acceptors (Lipinski definition) is 6. The molecule has 0 fully saturated rings. The van der Waals surface area contributed by atoms with Crippen LogP contribution in [0.2, 0.25) is 0 Å². The zero-order valence-electron chi connectivity index (χ0n) is 18.2. The average molecular weight is 450 g/mol. The fourth-order valence-corrected chi connectivity index (χ4v) is 4.46. The molecule has 0 bridgehead atoms.